The zero-order valence-electron chi connectivity index (χ0n) is 19.2. The van der Waals surface area contributed by atoms with E-state index in [1.165, 1.54) is 24.4 Å². The monoisotopic (exact) mass is 516 g/mol. The van der Waals surface area contributed by atoms with Gasteiger partial charge in [-0.15, -0.1) is 5.10 Å². The highest BCUT2D eigenvalue weighted by Crippen LogP contribution is 2.33. The lowest BCUT2D eigenvalue weighted by molar-refractivity contribution is -0.137. The lowest BCUT2D eigenvalue weighted by Crippen LogP contribution is -2.49. The molecular formula is C21H27F3N6O4S. The third-order valence-electron chi connectivity index (χ3n) is 5.81. The van der Waals surface area contributed by atoms with Gasteiger partial charge >= 0.3 is 12.2 Å². The van der Waals surface area contributed by atoms with E-state index in [-0.39, 0.29) is 5.82 Å². The summed E-state index contributed by atoms with van der Waals surface area (Å²) in [5.41, 5.74) is 0.413. The van der Waals surface area contributed by atoms with Gasteiger partial charge in [0.05, 0.1) is 25.0 Å². The number of anilines is 2. The lowest BCUT2D eigenvalue weighted by Gasteiger charge is -2.35. The fraction of sp³-hybridized carbons (Fsp3) is 0.524. The van der Waals surface area contributed by atoms with E-state index in [9.17, 15) is 26.4 Å². The summed E-state index contributed by atoms with van der Waals surface area (Å²) < 4.78 is 71.8. The maximum atomic E-state index is 13.5. The molecule has 192 valence electrons. The molecule has 0 atom stereocenters. The molecule has 2 aliphatic rings. The number of amides is 1. The summed E-state index contributed by atoms with van der Waals surface area (Å²) in [6.45, 7) is 4.04. The Bertz CT molecular complexity index is 1160. The van der Waals surface area contributed by atoms with Crippen molar-refractivity contribution in [3.8, 4) is 0 Å². The molecule has 1 aromatic carbocycles. The van der Waals surface area contributed by atoms with Crippen molar-refractivity contribution in [2.45, 2.75) is 12.7 Å². The molecule has 0 bridgehead atoms. The number of rotatable bonds is 5. The standard InChI is InChI=1S/C21H27F3N6O4S/c1-35(32,33)26-19-2-3-30(25-19)20(31)29-6-4-27(5-7-29)15-16-12-17(21(22,23)24)14-18(13-16)28-8-10-34-11-9-28/h2-3,12-14H,4-11,15H2,1H3,(H,25,26). The van der Waals surface area contributed by atoms with Crippen LogP contribution in [0.25, 0.3) is 0 Å². The van der Waals surface area contributed by atoms with Crippen LogP contribution in [0.5, 0.6) is 0 Å². The average Bonchev–Trinajstić information content (AvgIpc) is 3.25. The number of morpholine rings is 1. The SMILES string of the molecule is CS(=O)(=O)Nc1ccn(C(=O)N2CCN(Cc3cc(N4CCOCC4)cc(C(F)(F)F)c3)CC2)n1. The van der Waals surface area contributed by atoms with Gasteiger partial charge in [-0.05, 0) is 23.8 Å². The minimum atomic E-state index is -4.45. The van der Waals surface area contributed by atoms with E-state index >= 15 is 0 Å². The Kier molecular flexibility index (Phi) is 7.24. The summed E-state index contributed by atoms with van der Waals surface area (Å²) >= 11 is 0. The summed E-state index contributed by atoms with van der Waals surface area (Å²) in [5, 5.41) is 3.95. The number of hydrogen-bond donors (Lipinski definition) is 1. The van der Waals surface area contributed by atoms with Crippen LogP contribution >= 0.6 is 0 Å². The molecule has 0 saturated carbocycles. The summed E-state index contributed by atoms with van der Waals surface area (Å²) in [5.74, 6) is 0.0418. The molecule has 35 heavy (non-hydrogen) atoms. The van der Waals surface area contributed by atoms with Crippen LogP contribution in [0.2, 0.25) is 0 Å². The molecule has 4 rings (SSSR count). The number of nitrogens with one attached hydrogen (secondary N) is 1. The van der Waals surface area contributed by atoms with Gasteiger partial charge in [0.15, 0.2) is 5.82 Å². The molecule has 3 heterocycles. The average molecular weight is 517 g/mol. The van der Waals surface area contributed by atoms with Gasteiger partial charge in [0.1, 0.15) is 0 Å². The number of sulfonamides is 1. The molecule has 2 aliphatic heterocycles. The van der Waals surface area contributed by atoms with Gasteiger partial charge in [-0.3, -0.25) is 9.62 Å². The quantitative estimate of drug-likeness (QED) is 0.648. The van der Waals surface area contributed by atoms with Crippen LogP contribution in [0.1, 0.15) is 11.1 Å². The van der Waals surface area contributed by atoms with Crippen LogP contribution in [-0.4, -0.2) is 92.8 Å². The topological polar surface area (TPSA) is 100 Å². The van der Waals surface area contributed by atoms with Crippen molar-refractivity contribution in [1.82, 2.24) is 19.6 Å². The summed E-state index contributed by atoms with van der Waals surface area (Å²) in [4.78, 5) is 18.2. The highest BCUT2D eigenvalue weighted by atomic mass is 32.2. The number of nitrogens with zero attached hydrogens (tertiary/aromatic N) is 5. The van der Waals surface area contributed by atoms with Crippen molar-refractivity contribution >= 4 is 27.6 Å². The number of alkyl halides is 3. The van der Waals surface area contributed by atoms with Crippen LogP contribution < -0.4 is 9.62 Å². The van der Waals surface area contributed by atoms with Crippen molar-refractivity contribution in [3.05, 3.63) is 41.6 Å². The van der Waals surface area contributed by atoms with Gasteiger partial charge in [0, 0.05) is 63.8 Å². The van der Waals surface area contributed by atoms with Crippen molar-refractivity contribution < 1.29 is 31.1 Å². The first-order chi connectivity index (χ1) is 16.5. The van der Waals surface area contributed by atoms with Crippen molar-refractivity contribution in [2.24, 2.45) is 0 Å². The summed E-state index contributed by atoms with van der Waals surface area (Å²) in [6.07, 6.45) is -2.09. The van der Waals surface area contributed by atoms with Crippen LogP contribution in [0.3, 0.4) is 0 Å². The minimum absolute atomic E-state index is 0.0418. The van der Waals surface area contributed by atoms with E-state index in [0.29, 0.717) is 70.3 Å². The largest absolute Gasteiger partial charge is 0.416 e. The normalized spacial score (nSPS) is 18.1. The van der Waals surface area contributed by atoms with Gasteiger partial charge in [0.2, 0.25) is 10.0 Å². The van der Waals surface area contributed by atoms with Crippen LogP contribution in [-0.2, 0) is 27.5 Å². The number of piperazine rings is 1. The molecule has 0 radical (unpaired) electrons. The van der Waals surface area contributed by atoms with E-state index in [1.54, 1.807) is 11.0 Å². The maximum Gasteiger partial charge on any atom is 0.416 e. The van der Waals surface area contributed by atoms with E-state index in [4.69, 9.17) is 4.74 Å². The Morgan fingerprint density at radius 3 is 2.40 bits per heavy atom. The highest BCUT2D eigenvalue weighted by Gasteiger charge is 2.32. The van der Waals surface area contributed by atoms with Gasteiger partial charge in [0.25, 0.3) is 0 Å². The first-order valence-corrected chi connectivity index (χ1v) is 13.0. The lowest BCUT2D eigenvalue weighted by atomic mass is 10.1. The smallest absolute Gasteiger partial charge is 0.378 e. The number of benzene rings is 1. The third-order valence-corrected chi connectivity index (χ3v) is 6.39. The predicted molar refractivity (Wildman–Crippen MR) is 123 cm³/mol. The zero-order chi connectivity index (χ0) is 25.2. The first-order valence-electron chi connectivity index (χ1n) is 11.1. The number of halogens is 3. The maximum absolute atomic E-state index is 13.5. The second-order valence-electron chi connectivity index (χ2n) is 8.55. The number of aromatic nitrogens is 2. The van der Waals surface area contributed by atoms with E-state index in [0.717, 1.165) is 10.9 Å². The Morgan fingerprint density at radius 1 is 1.09 bits per heavy atom. The fourth-order valence-corrected chi connectivity index (χ4v) is 4.60. The number of ether oxygens (including phenoxy) is 1. The van der Waals surface area contributed by atoms with E-state index < -0.39 is 27.8 Å². The molecule has 2 fully saturated rings. The first kappa shape index (κ1) is 25.3. The Hall–Kier alpha value is -2.84. The van der Waals surface area contributed by atoms with Gasteiger partial charge in [-0.1, -0.05) is 0 Å². The summed E-state index contributed by atoms with van der Waals surface area (Å²) in [7, 11) is -3.51. The van der Waals surface area contributed by atoms with Crippen LogP contribution in [0.4, 0.5) is 29.5 Å². The Morgan fingerprint density at radius 2 is 1.77 bits per heavy atom. The predicted octanol–water partition coefficient (Wildman–Crippen LogP) is 1.90. The molecule has 10 nitrogen and oxygen atoms in total. The van der Waals surface area contributed by atoms with Gasteiger partial charge in [-0.25, -0.2) is 13.2 Å². The Labute approximate surface area is 201 Å². The molecule has 0 spiro atoms. The van der Waals surface area contributed by atoms with Crippen LogP contribution in [0, 0.1) is 0 Å². The molecular weight excluding hydrogens is 489 g/mol. The number of hydrogen-bond acceptors (Lipinski definition) is 7. The summed E-state index contributed by atoms with van der Waals surface area (Å²) in [6, 6.07) is 5.14. The molecule has 0 aliphatic carbocycles. The van der Waals surface area contributed by atoms with Gasteiger partial charge in [-0.2, -0.15) is 17.9 Å². The van der Waals surface area contributed by atoms with Crippen molar-refractivity contribution in [3.63, 3.8) is 0 Å². The number of carbonyl (C=O) groups excluding carboxylic acids is 1. The molecule has 14 heteroatoms. The molecule has 2 aromatic rings. The van der Waals surface area contributed by atoms with E-state index in [1.807, 2.05) is 9.80 Å². The second kappa shape index (κ2) is 10.0. The van der Waals surface area contributed by atoms with Crippen LogP contribution in [0.15, 0.2) is 30.5 Å². The van der Waals surface area contributed by atoms with E-state index in [2.05, 4.69) is 9.82 Å². The zero-order valence-corrected chi connectivity index (χ0v) is 20.0. The molecule has 0 unspecified atom stereocenters. The van der Waals surface area contributed by atoms with Crippen molar-refractivity contribution in [2.75, 3.05) is 68.4 Å². The highest BCUT2D eigenvalue weighted by molar-refractivity contribution is 7.92. The molecule has 1 amide bonds. The molecule has 1 N–H and O–H groups in total. The molecule has 2 saturated heterocycles. The second-order valence-corrected chi connectivity index (χ2v) is 10.3. The van der Waals surface area contributed by atoms with Gasteiger partial charge < -0.3 is 14.5 Å². The minimum Gasteiger partial charge on any atom is -0.378 e. The fourth-order valence-electron chi connectivity index (χ4n) is 4.11. The molecule has 1 aromatic heterocycles. The third kappa shape index (κ3) is 6.64. The van der Waals surface area contributed by atoms with Crippen molar-refractivity contribution in [1.29, 1.82) is 0 Å². The number of carbonyl (C=O) groups is 1. The Balaban J connectivity index is 1.39.